The fourth-order valence-electron chi connectivity index (χ4n) is 3.80. The fraction of sp³-hybridized carbons (Fsp3) is 0.450. The summed E-state index contributed by atoms with van der Waals surface area (Å²) in [6.45, 7) is 8.93. The van der Waals surface area contributed by atoms with Gasteiger partial charge >= 0.3 is 0 Å². The molecule has 28 heavy (non-hydrogen) atoms. The van der Waals surface area contributed by atoms with Crippen molar-refractivity contribution in [1.82, 2.24) is 29.5 Å². The molecule has 4 rings (SSSR count). The van der Waals surface area contributed by atoms with Crippen LogP contribution in [0.2, 0.25) is 0 Å². The smallest absolute Gasteiger partial charge is 0.225 e. The lowest BCUT2D eigenvalue weighted by Gasteiger charge is -2.34. The van der Waals surface area contributed by atoms with Crippen molar-refractivity contribution in [2.24, 2.45) is 0 Å². The van der Waals surface area contributed by atoms with E-state index in [0.29, 0.717) is 25.9 Å². The van der Waals surface area contributed by atoms with Gasteiger partial charge in [-0.05, 0) is 38.8 Å². The second kappa shape index (κ2) is 7.53. The van der Waals surface area contributed by atoms with E-state index in [1.807, 2.05) is 42.3 Å². The zero-order valence-corrected chi connectivity index (χ0v) is 16.6. The van der Waals surface area contributed by atoms with Crippen LogP contribution >= 0.6 is 0 Å². The standard InChI is InChI=1S/C20H25N7O/c1-14-13-18-23-15(2)17(16(3)27(18)24-14)5-6-19(28)25-9-11-26(12-10-25)20-21-7-4-8-22-20/h4,7-8,13H,5-6,9-12H2,1-3H3. The van der Waals surface area contributed by atoms with E-state index < -0.39 is 0 Å². The molecule has 1 saturated heterocycles. The second-order valence-electron chi connectivity index (χ2n) is 7.23. The molecule has 0 unspecified atom stereocenters. The van der Waals surface area contributed by atoms with Crippen LogP contribution < -0.4 is 4.90 Å². The van der Waals surface area contributed by atoms with E-state index in [0.717, 1.165) is 47.3 Å². The van der Waals surface area contributed by atoms with Crippen LogP contribution in [-0.2, 0) is 11.2 Å². The first-order chi connectivity index (χ1) is 13.5. The Kier molecular flexibility index (Phi) is 4.93. The highest BCUT2D eigenvalue weighted by Gasteiger charge is 2.23. The molecule has 0 radical (unpaired) electrons. The number of anilines is 1. The monoisotopic (exact) mass is 379 g/mol. The maximum atomic E-state index is 12.7. The van der Waals surface area contributed by atoms with Crippen molar-refractivity contribution in [3.63, 3.8) is 0 Å². The fourth-order valence-corrected chi connectivity index (χ4v) is 3.80. The molecule has 1 aliphatic rings. The van der Waals surface area contributed by atoms with E-state index in [1.54, 1.807) is 12.4 Å². The summed E-state index contributed by atoms with van der Waals surface area (Å²) >= 11 is 0. The van der Waals surface area contributed by atoms with Crippen LogP contribution in [0.25, 0.3) is 5.65 Å². The van der Waals surface area contributed by atoms with Crippen molar-refractivity contribution < 1.29 is 4.79 Å². The molecular weight excluding hydrogens is 354 g/mol. The molecule has 3 aromatic heterocycles. The van der Waals surface area contributed by atoms with E-state index in [4.69, 9.17) is 0 Å². The molecule has 0 N–H and O–H groups in total. The molecule has 1 amide bonds. The first-order valence-corrected chi connectivity index (χ1v) is 9.65. The van der Waals surface area contributed by atoms with E-state index in [2.05, 4.69) is 25.0 Å². The SMILES string of the molecule is Cc1cc2nc(C)c(CCC(=O)N3CCN(c4ncccn4)CC3)c(C)n2n1. The maximum Gasteiger partial charge on any atom is 0.225 e. The highest BCUT2D eigenvalue weighted by Crippen LogP contribution is 2.18. The summed E-state index contributed by atoms with van der Waals surface area (Å²) in [5.41, 5.74) is 4.96. The van der Waals surface area contributed by atoms with Crippen LogP contribution in [0, 0.1) is 20.8 Å². The first-order valence-electron chi connectivity index (χ1n) is 9.65. The molecule has 1 fully saturated rings. The first kappa shape index (κ1) is 18.3. The van der Waals surface area contributed by atoms with Gasteiger partial charge in [-0.15, -0.1) is 0 Å². The number of rotatable bonds is 4. The molecule has 1 aliphatic heterocycles. The Morgan fingerprint density at radius 2 is 1.79 bits per heavy atom. The van der Waals surface area contributed by atoms with E-state index in [-0.39, 0.29) is 5.91 Å². The third-order valence-electron chi connectivity index (χ3n) is 5.34. The van der Waals surface area contributed by atoms with Gasteiger partial charge in [-0.3, -0.25) is 4.79 Å². The van der Waals surface area contributed by atoms with Crippen molar-refractivity contribution in [2.75, 3.05) is 31.1 Å². The minimum Gasteiger partial charge on any atom is -0.339 e. The van der Waals surface area contributed by atoms with Gasteiger partial charge < -0.3 is 9.80 Å². The number of nitrogens with zero attached hydrogens (tertiary/aromatic N) is 7. The third kappa shape index (κ3) is 3.54. The molecule has 0 saturated carbocycles. The zero-order chi connectivity index (χ0) is 19.7. The number of fused-ring (bicyclic) bond motifs is 1. The number of hydrogen-bond donors (Lipinski definition) is 0. The number of hydrogen-bond acceptors (Lipinski definition) is 6. The van der Waals surface area contributed by atoms with Crippen molar-refractivity contribution in [1.29, 1.82) is 0 Å². The van der Waals surface area contributed by atoms with Gasteiger partial charge in [0.25, 0.3) is 0 Å². The van der Waals surface area contributed by atoms with Crippen LogP contribution in [0.1, 0.15) is 29.1 Å². The van der Waals surface area contributed by atoms with Gasteiger partial charge in [0, 0.05) is 62.4 Å². The Morgan fingerprint density at radius 1 is 1.07 bits per heavy atom. The van der Waals surface area contributed by atoms with Gasteiger partial charge in [-0.1, -0.05) is 0 Å². The molecule has 4 heterocycles. The van der Waals surface area contributed by atoms with Crippen LogP contribution in [0.15, 0.2) is 24.5 Å². The normalized spacial score (nSPS) is 14.7. The van der Waals surface area contributed by atoms with Gasteiger partial charge in [0.05, 0.1) is 5.69 Å². The topological polar surface area (TPSA) is 79.5 Å². The van der Waals surface area contributed by atoms with E-state index in [1.165, 1.54) is 0 Å². The predicted octanol–water partition coefficient (Wildman–Crippen LogP) is 1.73. The van der Waals surface area contributed by atoms with Crippen molar-refractivity contribution in [3.05, 3.63) is 47.2 Å². The molecule has 0 aliphatic carbocycles. The van der Waals surface area contributed by atoms with Gasteiger partial charge in [0.1, 0.15) is 0 Å². The number of aryl methyl sites for hydroxylation is 3. The largest absolute Gasteiger partial charge is 0.339 e. The van der Waals surface area contributed by atoms with Crippen molar-refractivity contribution in [2.45, 2.75) is 33.6 Å². The minimum atomic E-state index is 0.184. The highest BCUT2D eigenvalue weighted by molar-refractivity contribution is 5.76. The summed E-state index contributed by atoms with van der Waals surface area (Å²) in [4.78, 5) is 30.0. The summed E-state index contributed by atoms with van der Waals surface area (Å²) in [5.74, 6) is 0.916. The van der Waals surface area contributed by atoms with Gasteiger partial charge in [-0.2, -0.15) is 5.10 Å². The Morgan fingerprint density at radius 3 is 2.50 bits per heavy atom. The second-order valence-corrected chi connectivity index (χ2v) is 7.23. The Balaban J connectivity index is 1.38. The van der Waals surface area contributed by atoms with Gasteiger partial charge in [0.2, 0.25) is 11.9 Å². The number of carbonyl (C=O) groups is 1. The lowest BCUT2D eigenvalue weighted by atomic mass is 10.1. The summed E-state index contributed by atoms with van der Waals surface area (Å²) in [6.07, 6.45) is 4.66. The van der Waals surface area contributed by atoms with Crippen LogP contribution in [0.4, 0.5) is 5.95 Å². The molecule has 8 heteroatoms. The highest BCUT2D eigenvalue weighted by atomic mass is 16.2. The quantitative estimate of drug-likeness (QED) is 0.687. The van der Waals surface area contributed by atoms with Crippen molar-refractivity contribution in [3.8, 4) is 0 Å². The third-order valence-corrected chi connectivity index (χ3v) is 5.34. The van der Waals surface area contributed by atoms with Crippen LogP contribution in [0.3, 0.4) is 0 Å². The van der Waals surface area contributed by atoms with E-state index >= 15 is 0 Å². The summed E-state index contributed by atoms with van der Waals surface area (Å²) in [5, 5.41) is 4.51. The lowest BCUT2D eigenvalue weighted by molar-refractivity contribution is -0.131. The Bertz CT molecular complexity index is 991. The average molecular weight is 379 g/mol. The molecule has 0 spiro atoms. The summed E-state index contributed by atoms with van der Waals surface area (Å²) < 4.78 is 1.88. The molecule has 8 nitrogen and oxygen atoms in total. The molecule has 3 aromatic rings. The summed E-state index contributed by atoms with van der Waals surface area (Å²) in [6, 6.07) is 3.79. The summed E-state index contributed by atoms with van der Waals surface area (Å²) in [7, 11) is 0. The Labute approximate surface area is 164 Å². The number of aromatic nitrogens is 5. The average Bonchev–Trinajstić information content (AvgIpc) is 3.09. The lowest BCUT2D eigenvalue weighted by Crippen LogP contribution is -2.49. The predicted molar refractivity (Wildman–Crippen MR) is 106 cm³/mol. The van der Waals surface area contributed by atoms with Crippen molar-refractivity contribution >= 4 is 17.5 Å². The molecule has 0 atom stereocenters. The van der Waals surface area contributed by atoms with E-state index in [9.17, 15) is 4.79 Å². The number of amides is 1. The van der Waals surface area contributed by atoms with Gasteiger partial charge in [0.15, 0.2) is 5.65 Å². The van der Waals surface area contributed by atoms with Crippen LogP contribution in [0.5, 0.6) is 0 Å². The Hall–Kier alpha value is -3.03. The van der Waals surface area contributed by atoms with Gasteiger partial charge in [-0.25, -0.2) is 19.5 Å². The molecule has 0 aromatic carbocycles. The number of piperazine rings is 1. The number of carbonyl (C=O) groups excluding carboxylic acids is 1. The molecule has 146 valence electrons. The minimum absolute atomic E-state index is 0.184. The van der Waals surface area contributed by atoms with Crippen LogP contribution in [-0.4, -0.2) is 61.6 Å². The molecular formula is C20H25N7O. The molecule has 0 bridgehead atoms. The zero-order valence-electron chi connectivity index (χ0n) is 16.6. The maximum absolute atomic E-state index is 12.7.